The molecule has 2 atom stereocenters. The van der Waals surface area contributed by atoms with Crippen molar-refractivity contribution in [1.29, 1.82) is 0 Å². The molecule has 0 bridgehead atoms. The number of rotatable bonds is 6. The third-order valence-electron chi connectivity index (χ3n) is 2.27. The van der Waals surface area contributed by atoms with Crippen LogP contribution in [-0.4, -0.2) is 36.4 Å². The molecule has 8 heteroatoms. The first-order chi connectivity index (χ1) is 8.34. The van der Waals surface area contributed by atoms with Gasteiger partial charge in [-0.25, -0.2) is 0 Å². The van der Waals surface area contributed by atoms with E-state index in [0.29, 0.717) is 11.1 Å². The molecule has 0 saturated carbocycles. The molecule has 2 unspecified atom stereocenters. The van der Waals surface area contributed by atoms with Gasteiger partial charge in [0, 0.05) is 0 Å². The van der Waals surface area contributed by atoms with Crippen LogP contribution in [0.4, 0.5) is 0 Å². The fourth-order valence-corrected chi connectivity index (χ4v) is 3.43. The molecule has 0 aliphatic carbocycles. The second kappa shape index (κ2) is 6.65. The van der Waals surface area contributed by atoms with Gasteiger partial charge < -0.3 is 0 Å². The van der Waals surface area contributed by atoms with Gasteiger partial charge in [-0.2, -0.15) is 16.8 Å². The van der Waals surface area contributed by atoms with E-state index in [9.17, 15) is 16.8 Å². The highest BCUT2D eigenvalue weighted by Gasteiger charge is 2.30. The van der Waals surface area contributed by atoms with Gasteiger partial charge in [0.15, 0.2) is 0 Å². The maximum absolute atomic E-state index is 11.2. The summed E-state index contributed by atoms with van der Waals surface area (Å²) >= 11 is 0. The SMILES string of the molecule is CC(C)=CC(CC(C=C(C)C)S(=O)(=O)O)S(=O)(=O)O. The average Bonchev–Trinajstić information content (AvgIpc) is 2.10. The van der Waals surface area contributed by atoms with E-state index in [2.05, 4.69) is 0 Å². The quantitative estimate of drug-likeness (QED) is 0.572. The second-order valence-electron chi connectivity index (χ2n) is 4.83. The summed E-state index contributed by atoms with van der Waals surface area (Å²) in [4.78, 5) is 0. The molecule has 0 spiro atoms. The molecule has 0 aliphatic heterocycles. The molecule has 0 aromatic heterocycles. The lowest BCUT2D eigenvalue weighted by molar-refractivity contribution is 0.461. The predicted molar refractivity (Wildman–Crippen MR) is 74.2 cm³/mol. The highest BCUT2D eigenvalue weighted by atomic mass is 32.2. The van der Waals surface area contributed by atoms with Crippen LogP contribution in [0.5, 0.6) is 0 Å². The molecule has 0 amide bonds. The van der Waals surface area contributed by atoms with E-state index < -0.39 is 37.2 Å². The largest absolute Gasteiger partial charge is 0.285 e. The first kappa shape index (κ1) is 18.3. The summed E-state index contributed by atoms with van der Waals surface area (Å²) in [6.07, 6.45) is 2.08. The Hall–Kier alpha value is -0.700. The van der Waals surface area contributed by atoms with Crippen LogP contribution in [0.1, 0.15) is 34.1 Å². The van der Waals surface area contributed by atoms with Crippen molar-refractivity contribution in [1.82, 2.24) is 0 Å². The molecule has 0 aliphatic rings. The lowest BCUT2D eigenvalue weighted by Crippen LogP contribution is -2.28. The van der Waals surface area contributed by atoms with Crippen molar-refractivity contribution < 1.29 is 25.9 Å². The smallest absolute Gasteiger partial charge is 0.271 e. The van der Waals surface area contributed by atoms with Gasteiger partial charge in [0.2, 0.25) is 0 Å². The normalized spacial score (nSPS) is 15.5. The summed E-state index contributed by atoms with van der Waals surface area (Å²) in [6, 6.07) is 0. The highest BCUT2D eigenvalue weighted by Crippen LogP contribution is 2.18. The summed E-state index contributed by atoms with van der Waals surface area (Å²) in [5, 5.41) is -2.75. The van der Waals surface area contributed by atoms with Gasteiger partial charge in [0.25, 0.3) is 20.2 Å². The van der Waals surface area contributed by atoms with Gasteiger partial charge in [-0.05, 0) is 34.1 Å². The van der Waals surface area contributed by atoms with E-state index in [1.54, 1.807) is 27.7 Å². The molecule has 0 aromatic rings. The van der Waals surface area contributed by atoms with Gasteiger partial charge in [0.1, 0.15) is 10.5 Å². The van der Waals surface area contributed by atoms with E-state index in [4.69, 9.17) is 9.11 Å². The Kier molecular flexibility index (Phi) is 6.40. The Morgan fingerprint density at radius 3 is 1.26 bits per heavy atom. The van der Waals surface area contributed by atoms with Crippen molar-refractivity contribution in [2.45, 2.75) is 44.6 Å². The molecule has 2 N–H and O–H groups in total. The van der Waals surface area contributed by atoms with Crippen LogP contribution in [-0.2, 0) is 20.2 Å². The van der Waals surface area contributed by atoms with E-state index in [1.165, 1.54) is 12.2 Å². The summed E-state index contributed by atoms with van der Waals surface area (Å²) in [5.41, 5.74) is 1.24. The Labute approximate surface area is 114 Å². The lowest BCUT2D eigenvalue weighted by Gasteiger charge is -2.15. The fourth-order valence-electron chi connectivity index (χ4n) is 1.52. The zero-order valence-corrected chi connectivity index (χ0v) is 13.0. The summed E-state index contributed by atoms with van der Waals surface area (Å²) in [5.74, 6) is 0. The van der Waals surface area contributed by atoms with Gasteiger partial charge in [-0.15, -0.1) is 0 Å². The number of allylic oxidation sites excluding steroid dienone is 2. The van der Waals surface area contributed by atoms with Crippen molar-refractivity contribution >= 4 is 20.2 Å². The van der Waals surface area contributed by atoms with Crippen molar-refractivity contribution in [3.05, 3.63) is 23.3 Å². The number of hydrogen-bond donors (Lipinski definition) is 2. The standard InChI is InChI=1S/C11H20O6S2/c1-8(2)5-10(18(12,13)14)7-11(6-9(3)4)19(15,16)17/h5-6,10-11H,7H2,1-4H3,(H,12,13,14)(H,15,16,17). The van der Waals surface area contributed by atoms with Crippen LogP contribution in [0.15, 0.2) is 23.3 Å². The zero-order valence-electron chi connectivity index (χ0n) is 11.4. The molecule has 0 fully saturated rings. The van der Waals surface area contributed by atoms with Crippen molar-refractivity contribution in [3.8, 4) is 0 Å². The van der Waals surface area contributed by atoms with Crippen LogP contribution in [0.25, 0.3) is 0 Å². The minimum atomic E-state index is -4.43. The Morgan fingerprint density at radius 2 is 1.11 bits per heavy atom. The van der Waals surface area contributed by atoms with Crippen molar-refractivity contribution in [3.63, 3.8) is 0 Å². The average molecular weight is 312 g/mol. The molecule has 0 heterocycles. The molecule has 19 heavy (non-hydrogen) atoms. The summed E-state index contributed by atoms with van der Waals surface area (Å²) in [7, 11) is -8.86. The zero-order chi connectivity index (χ0) is 15.4. The molecule has 0 rings (SSSR count). The third-order valence-corrected chi connectivity index (χ3v) is 4.46. The highest BCUT2D eigenvalue weighted by molar-refractivity contribution is 7.87. The second-order valence-corrected chi connectivity index (χ2v) is 8.10. The predicted octanol–water partition coefficient (Wildman–Crippen LogP) is 1.82. The molecule has 6 nitrogen and oxygen atoms in total. The Bertz CT molecular complexity index is 508. The fraction of sp³-hybridized carbons (Fsp3) is 0.636. The Morgan fingerprint density at radius 1 is 0.842 bits per heavy atom. The van der Waals surface area contributed by atoms with Gasteiger partial charge in [-0.1, -0.05) is 23.3 Å². The molecular weight excluding hydrogens is 292 g/mol. The van der Waals surface area contributed by atoms with E-state index in [0.717, 1.165) is 0 Å². The van der Waals surface area contributed by atoms with Gasteiger partial charge in [0.05, 0.1) is 0 Å². The number of hydrogen-bond acceptors (Lipinski definition) is 4. The minimum absolute atomic E-state index is 0.436. The topological polar surface area (TPSA) is 109 Å². The van der Waals surface area contributed by atoms with Crippen LogP contribution in [0.2, 0.25) is 0 Å². The monoisotopic (exact) mass is 312 g/mol. The third kappa shape index (κ3) is 7.46. The van der Waals surface area contributed by atoms with Crippen LogP contribution >= 0.6 is 0 Å². The lowest BCUT2D eigenvalue weighted by atomic mass is 10.1. The molecule has 0 aromatic carbocycles. The summed E-state index contributed by atoms with van der Waals surface area (Å²) < 4.78 is 63.1. The molecule has 0 saturated heterocycles. The van der Waals surface area contributed by atoms with Crippen molar-refractivity contribution in [2.24, 2.45) is 0 Å². The summed E-state index contributed by atoms with van der Waals surface area (Å²) in [6.45, 7) is 6.51. The van der Waals surface area contributed by atoms with Crippen LogP contribution < -0.4 is 0 Å². The van der Waals surface area contributed by atoms with E-state index >= 15 is 0 Å². The van der Waals surface area contributed by atoms with Crippen molar-refractivity contribution in [2.75, 3.05) is 0 Å². The van der Waals surface area contributed by atoms with Gasteiger partial charge in [-0.3, -0.25) is 9.11 Å². The van der Waals surface area contributed by atoms with Gasteiger partial charge >= 0.3 is 0 Å². The minimum Gasteiger partial charge on any atom is -0.285 e. The maximum atomic E-state index is 11.2. The Balaban J connectivity index is 5.54. The van der Waals surface area contributed by atoms with E-state index in [-0.39, 0.29) is 0 Å². The first-order valence-electron chi connectivity index (χ1n) is 5.56. The maximum Gasteiger partial charge on any atom is 0.271 e. The molecule has 112 valence electrons. The van der Waals surface area contributed by atoms with Crippen LogP contribution in [0.3, 0.4) is 0 Å². The van der Waals surface area contributed by atoms with Crippen LogP contribution in [0, 0.1) is 0 Å². The molecular formula is C11H20O6S2. The van der Waals surface area contributed by atoms with E-state index in [1.807, 2.05) is 0 Å². The molecule has 0 radical (unpaired) electrons. The first-order valence-corrected chi connectivity index (χ1v) is 8.57.